The molecule has 1 N–H and O–H groups in total. The Balaban J connectivity index is 0.000000225. The Labute approximate surface area is 244 Å². The normalized spacial score (nSPS) is 38.6. The van der Waals surface area contributed by atoms with Crippen LogP contribution in [0.25, 0.3) is 0 Å². The number of hydrogen-bond acceptors (Lipinski definition) is 3. The maximum atomic E-state index is 12.5. The molecular weight excluding hydrogens is 603 g/mol. The van der Waals surface area contributed by atoms with E-state index in [2.05, 4.69) is 110 Å². The quantitative estimate of drug-likeness (QED) is 0.139. The number of carbonyl (C=O) groups excluding carboxylic acids is 1. The molecule has 37 heavy (non-hydrogen) atoms. The molecule has 0 aromatic heterocycles. The third kappa shape index (κ3) is 5.94. The second-order valence-corrected chi connectivity index (χ2v) is 27.8. The molecule has 0 aromatic carbocycles. The molecule has 0 radical (unpaired) electrons. The minimum absolute atomic E-state index is 0.0527. The highest BCUT2D eigenvalue weighted by molar-refractivity contribution is 14.1. The number of halogens is 1. The van der Waals surface area contributed by atoms with E-state index in [0.29, 0.717) is 37.5 Å². The second-order valence-electron chi connectivity index (χ2n) is 16.3. The highest BCUT2D eigenvalue weighted by Gasteiger charge is 2.61. The maximum Gasteiger partial charge on any atom is 0.178 e. The number of aliphatic hydroxyl groups is 1. The first-order chi connectivity index (χ1) is 16.6. The summed E-state index contributed by atoms with van der Waals surface area (Å²) in [6.07, 6.45) is 9.39. The molecule has 0 spiro atoms. The van der Waals surface area contributed by atoms with Crippen LogP contribution in [0.4, 0.5) is 0 Å². The summed E-state index contributed by atoms with van der Waals surface area (Å²) in [7, 11) is -3.18. The highest BCUT2D eigenvalue weighted by Crippen LogP contribution is 2.65. The predicted octanol–water partition coefficient (Wildman–Crippen LogP) is 9.31. The molecule has 0 bridgehead atoms. The van der Waals surface area contributed by atoms with E-state index in [9.17, 15) is 9.90 Å². The molecule has 0 aromatic rings. The smallest absolute Gasteiger partial charge is 0.178 e. The summed E-state index contributed by atoms with van der Waals surface area (Å²) in [5, 5.41) is 10.7. The van der Waals surface area contributed by atoms with Crippen LogP contribution in [0.2, 0.25) is 36.3 Å². The Hall–Kier alpha value is 0.494. The number of fused-ring (bicyclic) bond motifs is 5. The van der Waals surface area contributed by atoms with Crippen molar-refractivity contribution in [1.82, 2.24) is 0 Å². The Kier molecular flexibility index (Phi) is 9.00. The highest BCUT2D eigenvalue weighted by atomic mass is 127. The van der Waals surface area contributed by atoms with Gasteiger partial charge in [-0.05, 0) is 98.0 Å². The molecule has 4 rings (SSSR count). The van der Waals surface area contributed by atoms with Crippen LogP contribution in [0.15, 0.2) is 11.6 Å². The van der Waals surface area contributed by atoms with Crippen molar-refractivity contribution in [1.29, 1.82) is 0 Å². The van der Waals surface area contributed by atoms with Crippen molar-refractivity contribution in [2.75, 3.05) is 0 Å². The molecule has 4 aliphatic rings. The van der Waals surface area contributed by atoms with Crippen LogP contribution >= 0.6 is 22.6 Å². The number of alkyl halides is 1. The van der Waals surface area contributed by atoms with Crippen molar-refractivity contribution in [2.24, 2.45) is 28.6 Å². The van der Waals surface area contributed by atoms with Crippen LogP contribution in [-0.4, -0.2) is 37.6 Å². The first kappa shape index (κ1) is 32.0. The summed E-state index contributed by atoms with van der Waals surface area (Å²) in [5.74, 6) is 2.50. The fourth-order valence-electron chi connectivity index (χ4n) is 7.42. The SMILES string of the molecule is CC(C)(C)[Si](C)(C)O[Si](C)(C)C(C)(C)C.C[C@]12CC[C@H](O)CC1=CC[C@@H]1[C@@H]2[C@@H](I)C[C@]2(C)C(=O)CC[C@@H]12. The van der Waals surface area contributed by atoms with Crippen molar-refractivity contribution in [3.05, 3.63) is 11.6 Å². The summed E-state index contributed by atoms with van der Waals surface area (Å²) in [4.78, 5) is 12.5. The third-order valence-electron chi connectivity index (χ3n) is 11.8. The van der Waals surface area contributed by atoms with E-state index in [-0.39, 0.29) is 16.9 Å². The fourth-order valence-corrected chi connectivity index (χ4v) is 17.2. The summed E-state index contributed by atoms with van der Waals surface area (Å²) in [5.41, 5.74) is 1.73. The Bertz CT molecular complexity index is 875. The van der Waals surface area contributed by atoms with E-state index >= 15 is 0 Å². The van der Waals surface area contributed by atoms with Gasteiger partial charge in [0.25, 0.3) is 0 Å². The van der Waals surface area contributed by atoms with Gasteiger partial charge in [-0.25, -0.2) is 0 Å². The van der Waals surface area contributed by atoms with E-state index in [1.54, 1.807) is 0 Å². The summed E-state index contributed by atoms with van der Waals surface area (Å²) < 4.78 is 7.22. The lowest BCUT2D eigenvalue weighted by Crippen LogP contribution is -2.54. The van der Waals surface area contributed by atoms with Crippen LogP contribution in [0.3, 0.4) is 0 Å². The molecule has 4 aliphatic carbocycles. The minimum atomic E-state index is -1.59. The zero-order valence-corrected chi connectivity index (χ0v) is 30.2. The minimum Gasteiger partial charge on any atom is -0.455 e. The number of ketones is 1. The van der Waals surface area contributed by atoms with Crippen molar-refractivity contribution < 1.29 is 14.0 Å². The largest absolute Gasteiger partial charge is 0.455 e. The predicted molar refractivity (Wildman–Crippen MR) is 171 cm³/mol. The molecule has 3 saturated carbocycles. The van der Waals surface area contributed by atoms with Gasteiger partial charge in [0, 0.05) is 15.8 Å². The molecular formula is C31H57IO3Si2. The van der Waals surface area contributed by atoms with Crippen molar-refractivity contribution in [2.45, 2.75) is 147 Å². The van der Waals surface area contributed by atoms with Gasteiger partial charge in [0.2, 0.25) is 0 Å². The number of Topliss-reactive ketones (excluding diaryl/α,β-unsaturated/α-hetero) is 1. The Morgan fingerprint density at radius 2 is 1.51 bits per heavy atom. The number of aliphatic hydroxyl groups excluding tert-OH is 1. The van der Waals surface area contributed by atoms with Crippen LogP contribution in [0, 0.1) is 28.6 Å². The number of hydrogen-bond donors (Lipinski definition) is 1. The zero-order valence-electron chi connectivity index (χ0n) is 26.1. The van der Waals surface area contributed by atoms with Crippen molar-refractivity contribution >= 4 is 45.0 Å². The molecule has 0 heterocycles. The molecule has 214 valence electrons. The van der Waals surface area contributed by atoms with E-state index < -0.39 is 16.6 Å². The van der Waals surface area contributed by atoms with Gasteiger partial charge in [0.1, 0.15) is 5.78 Å². The van der Waals surface area contributed by atoms with Crippen LogP contribution in [0.1, 0.15) is 100 Å². The lowest BCUT2D eigenvalue weighted by molar-refractivity contribution is -0.131. The summed E-state index contributed by atoms with van der Waals surface area (Å²) in [6, 6.07) is 0. The lowest BCUT2D eigenvalue weighted by atomic mass is 9.48. The van der Waals surface area contributed by atoms with Gasteiger partial charge in [0.15, 0.2) is 16.6 Å². The molecule has 0 aliphatic heterocycles. The van der Waals surface area contributed by atoms with Crippen molar-refractivity contribution in [3.63, 3.8) is 0 Å². The third-order valence-corrected chi connectivity index (χ3v) is 24.3. The van der Waals surface area contributed by atoms with Gasteiger partial charge in [-0.3, -0.25) is 4.79 Å². The van der Waals surface area contributed by atoms with Gasteiger partial charge in [-0.15, -0.1) is 0 Å². The molecule has 7 atom stereocenters. The zero-order chi connectivity index (χ0) is 28.4. The van der Waals surface area contributed by atoms with E-state index in [1.165, 1.54) is 5.57 Å². The average Bonchev–Trinajstić information content (AvgIpc) is 3.00. The molecule has 3 nitrogen and oxygen atoms in total. The monoisotopic (exact) mass is 660 g/mol. The first-order valence-corrected chi connectivity index (χ1v) is 21.9. The van der Waals surface area contributed by atoms with E-state index in [1.807, 2.05) is 0 Å². The topological polar surface area (TPSA) is 46.5 Å². The number of allylic oxidation sites excluding steroid dienone is 1. The Morgan fingerprint density at radius 3 is 2.03 bits per heavy atom. The Morgan fingerprint density at radius 1 is 0.973 bits per heavy atom. The van der Waals surface area contributed by atoms with Crippen LogP contribution < -0.4 is 0 Å². The molecule has 0 amide bonds. The fraction of sp³-hybridized carbons (Fsp3) is 0.903. The molecule has 0 saturated heterocycles. The number of carbonyl (C=O) groups is 1. The van der Waals surface area contributed by atoms with E-state index in [4.69, 9.17) is 4.12 Å². The van der Waals surface area contributed by atoms with Crippen LogP contribution in [-0.2, 0) is 8.91 Å². The average molecular weight is 661 g/mol. The molecule has 3 fully saturated rings. The van der Waals surface area contributed by atoms with Crippen LogP contribution in [0.5, 0.6) is 0 Å². The first-order valence-electron chi connectivity index (χ1n) is 14.8. The molecule has 0 unspecified atom stereocenters. The summed E-state index contributed by atoms with van der Waals surface area (Å²) in [6.45, 7) is 28.0. The van der Waals surface area contributed by atoms with Gasteiger partial charge < -0.3 is 9.22 Å². The lowest BCUT2D eigenvalue weighted by Gasteiger charge is -2.58. The molecule has 6 heteroatoms. The van der Waals surface area contributed by atoms with Gasteiger partial charge in [0.05, 0.1) is 6.10 Å². The van der Waals surface area contributed by atoms with Gasteiger partial charge in [-0.1, -0.05) is 89.6 Å². The summed E-state index contributed by atoms with van der Waals surface area (Å²) >= 11 is 2.65. The second kappa shape index (κ2) is 10.4. The van der Waals surface area contributed by atoms with Gasteiger partial charge >= 0.3 is 0 Å². The number of rotatable bonds is 2. The maximum absolute atomic E-state index is 12.5. The van der Waals surface area contributed by atoms with Crippen molar-refractivity contribution in [3.8, 4) is 0 Å². The van der Waals surface area contributed by atoms with Gasteiger partial charge in [-0.2, -0.15) is 0 Å². The van der Waals surface area contributed by atoms with E-state index in [0.717, 1.165) is 44.9 Å². The standard InChI is InChI=1S/C19H27IO2.C12H30OSi2/c1-18-8-7-12(21)9-11(18)3-4-13-14-5-6-16(22)19(14,2)10-15(20)17(13)18;1-11(2,3)14(7,8)13-15(9,10)12(4,5)6/h3,12-15,17,21H,4-10H2,1-2H3;1-10H3/t12-,13-,14-,15-,17+,18-,19-;/m0./s1.